The van der Waals surface area contributed by atoms with Gasteiger partial charge in [-0.25, -0.2) is 0 Å². The van der Waals surface area contributed by atoms with Crippen LogP contribution in [0.3, 0.4) is 0 Å². The monoisotopic (exact) mass is 264 g/mol. The van der Waals surface area contributed by atoms with Crippen LogP contribution >= 0.6 is 0 Å². The third-order valence-corrected chi connectivity index (χ3v) is 2.24. The molecule has 4 atom stereocenters. The molecule has 4 N–H and O–H groups in total. The summed E-state index contributed by atoms with van der Waals surface area (Å²) in [5, 5.41) is 36.6. The van der Waals surface area contributed by atoms with E-state index in [0.29, 0.717) is 0 Å². The summed E-state index contributed by atoms with van der Waals surface area (Å²) in [5.74, 6) is -0.665. The van der Waals surface area contributed by atoms with Crippen LogP contribution in [0.5, 0.6) is 0 Å². The van der Waals surface area contributed by atoms with Crippen molar-refractivity contribution in [2.75, 3.05) is 6.61 Å². The topological polar surface area (TPSA) is 124 Å². The molecule has 0 saturated heterocycles. The number of esters is 1. The van der Waals surface area contributed by atoms with Gasteiger partial charge in [-0.05, 0) is 5.92 Å². The lowest BCUT2D eigenvalue weighted by Crippen LogP contribution is -2.48. The molecule has 0 aliphatic heterocycles. The molecule has 0 aromatic rings. The van der Waals surface area contributed by atoms with E-state index < -0.39 is 37.0 Å². The van der Waals surface area contributed by atoms with Crippen molar-refractivity contribution in [3.63, 3.8) is 0 Å². The van der Waals surface area contributed by atoms with Gasteiger partial charge in [0.25, 0.3) is 0 Å². The molecule has 0 aliphatic rings. The van der Waals surface area contributed by atoms with E-state index in [4.69, 9.17) is 10.2 Å². The number of hydrogen-bond acceptors (Lipinski definition) is 7. The van der Waals surface area contributed by atoms with E-state index in [0.717, 1.165) is 0 Å². The normalized spacial score (nSPS) is 17.9. The molecule has 7 nitrogen and oxygen atoms in total. The summed E-state index contributed by atoms with van der Waals surface area (Å²) in [4.78, 5) is 22.0. The van der Waals surface area contributed by atoms with E-state index in [2.05, 4.69) is 4.74 Å². The molecule has 0 aromatic heterocycles. The van der Waals surface area contributed by atoms with Crippen molar-refractivity contribution >= 4 is 12.3 Å². The molecule has 106 valence electrons. The van der Waals surface area contributed by atoms with E-state index in [1.54, 1.807) is 13.8 Å². The second kappa shape index (κ2) is 8.15. The SMILES string of the molecule is CC(C)CC(=O)O[C@@H](C=O)[C@@H](O)[C@H](O)[C@H](O)CO. The Hall–Kier alpha value is -1.02. The molecule has 0 saturated carbocycles. The zero-order valence-electron chi connectivity index (χ0n) is 10.4. The van der Waals surface area contributed by atoms with Gasteiger partial charge in [0.2, 0.25) is 0 Å². The molecule has 0 unspecified atom stereocenters. The summed E-state index contributed by atoms with van der Waals surface area (Å²) in [6, 6.07) is 0. The molecule has 0 fully saturated rings. The molecule has 18 heavy (non-hydrogen) atoms. The van der Waals surface area contributed by atoms with Crippen molar-refractivity contribution in [3.05, 3.63) is 0 Å². The average molecular weight is 264 g/mol. The number of aldehydes is 1. The Kier molecular flexibility index (Phi) is 7.69. The zero-order valence-corrected chi connectivity index (χ0v) is 10.4. The number of hydrogen-bond donors (Lipinski definition) is 4. The first kappa shape index (κ1) is 17.0. The standard InChI is InChI=1S/C11H20O7/c1-6(2)3-9(15)18-8(5-13)11(17)10(16)7(14)4-12/h5-8,10-12,14,16-17H,3-4H2,1-2H3/t7-,8+,10-,11-/m1/s1. The number of aliphatic hydroxyl groups excluding tert-OH is 4. The van der Waals surface area contributed by atoms with Crippen molar-refractivity contribution in [3.8, 4) is 0 Å². The van der Waals surface area contributed by atoms with Gasteiger partial charge in [0.05, 0.1) is 6.61 Å². The minimum absolute atomic E-state index is 0.0231. The molecule has 0 amide bonds. The molecule has 7 heteroatoms. The predicted octanol–water partition coefficient (Wildman–Crippen LogP) is -1.78. The van der Waals surface area contributed by atoms with Gasteiger partial charge in [0.15, 0.2) is 12.4 Å². The lowest BCUT2D eigenvalue weighted by Gasteiger charge is -2.25. The lowest BCUT2D eigenvalue weighted by molar-refractivity contribution is -0.168. The Balaban J connectivity index is 4.48. The number of carbonyl (C=O) groups excluding carboxylic acids is 2. The molecule has 0 bridgehead atoms. The fourth-order valence-corrected chi connectivity index (χ4v) is 1.24. The van der Waals surface area contributed by atoms with Gasteiger partial charge in [-0.1, -0.05) is 13.8 Å². The van der Waals surface area contributed by atoms with Crippen LogP contribution in [-0.2, 0) is 14.3 Å². The summed E-state index contributed by atoms with van der Waals surface area (Å²) < 4.78 is 4.68. The van der Waals surface area contributed by atoms with Crippen molar-refractivity contribution in [1.82, 2.24) is 0 Å². The maximum absolute atomic E-state index is 11.3. The highest BCUT2D eigenvalue weighted by Gasteiger charge is 2.33. The fraction of sp³-hybridized carbons (Fsp3) is 0.818. The minimum Gasteiger partial charge on any atom is -0.452 e. The first-order valence-corrected chi connectivity index (χ1v) is 5.63. The molecule has 0 radical (unpaired) electrons. The van der Waals surface area contributed by atoms with Crippen LogP contribution in [0.1, 0.15) is 20.3 Å². The van der Waals surface area contributed by atoms with Crippen LogP contribution in [-0.4, -0.2) is 63.7 Å². The Morgan fingerprint density at radius 1 is 1.22 bits per heavy atom. The molecule has 0 heterocycles. The van der Waals surface area contributed by atoms with Crippen LogP contribution in [0.25, 0.3) is 0 Å². The smallest absolute Gasteiger partial charge is 0.306 e. The molecule has 0 rings (SSSR count). The Morgan fingerprint density at radius 2 is 1.78 bits per heavy atom. The molecule has 0 aromatic carbocycles. The summed E-state index contributed by atoms with van der Waals surface area (Å²) in [6.07, 6.45) is -6.54. The second-order valence-electron chi connectivity index (χ2n) is 4.42. The minimum atomic E-state index is -1.79. The number of carbonyl (C=O) groups is 2. The van der Waals surface area contributed by atoms with E-state index >= 15 is 0 Å². The van der Waals surface area contributed by atoms with Gasteiger partial charge in [-0.15, -0.1) is 0 Å². The van der Waals surface area contributed by atoms with E-state index in [1.165, 1.54) is 0 Å². The first-order valence-electron chi connectivity index (χ1n) is 5.63. The maximum atomic E-state index is 11.3. The third kappa shape index (κ3) is 5.54. The van der Waals surface area contributed by atoms with Crippen molar-refractivity contribution in [2.24, 2.45) is 5.92 Å². The maximum Gasteiger partial charge on any atom is 0.306 e. The van der Waals surface area contributed by atoms with Gasteiger partial charge in [-0.3, -0.25) is 9.59 Å². The second-order valence-corrected chi connectivity index (χ2v) is 4.42. The summed E-state index contributed by atoms with van der Waals surface area (Å²) in [6.45, 7) is 2.76. The highest BCUT2D eigenvalue weighted by Crippen LogP contribution is 2.09. The largest absolute Gasteiger partial charge is 0.452 e. The van der Waals surface area contributed by atoms with Crippen molar-refractivity contribution in [2.45, 2.75) is 44.7 Å². The highest BCUT2D eigenvalue weighted by atomic mass is 16.6. The summed E-state index contributed by atoms with van der Waals surface area (Å²) in [5.41, 5.74) is 0. The third-order valence-electron chi connectivity index (χ3n) is 2.24. The molecular formula is C11H20O7. The molecule has 0 aliphatic carbocycles. The van der Waals surface area contributed by atoms with E-state index in [1.807, 2.05) is 0 Å². The van der Waals surface area contributed by atoms with Crippen LogP contribution in [0.2, 0.25) is 0 Å². The average Bonchev–Trinajstić information content (AvgIpc) is 2.32. The number of ether oxygens (including phenoxy) is 1. The zero-order chi connectivity index (χ0) is 14.3. The fourth-order valence-electron chi connectivity index (χ4n) is 1.24. The van der Waals surface area contributed by atoms with Crippen molar-refractivity contribution in [1.29, 1.82) is 0 Å². The lowest BCUT2D eigenvalue weighted by atomic mass is 10.0. The van der Waals surface area contributed by atoms with Crippen LogP contribution in [0.15, 0.2) is 0 Å². The van der Waals surface area contributed by atoms with Crippen LogP contribution in [0.4, 0.5) is 0 Å². The molecule has 0 spiro atoms. The van der Waals surface area contributed by atoms with Crippen LogP contribution < -0.4 is 0 Å². The highest BCUT2D eigenvalue weighted by molar-refractivity contribution is 5.73. The molecular weight excluding hydrogens is 244 g/mol. The predicted molar refractivity (Wildman–Crippen MR) is 60.5 cm³/mol. The Bertz CT molecular complexity index is 266. The van der Waals surface area contributed by atoms with Gasteiger partial charge in [0.1, 0.15) is 18.3 Å². The van der Waals surface area contributed by atoms with Gasteiger partial charge < -0.3 is 25.2 Å². The van der Waals surface area contributed by atoms with Crippen molar-refractivity contribution < 1.29 is 34.8 Å². The summed E-state index contributed by atoms with van der Waals surface area (Å²) >= 11 is 0. The number of rotatable bonds is 8. The van der Waals surface area contributed by atoms with E-state index in [-0.39, 0.29) is 18.6 Å². The van der Waals surface area contributed by atoms with Gasteiger partial charge >= 0.3 is 5.97 Å². The first-order chi connectivity index (χ1) is 8.33. The van der Waals surface area contributed by atoms with Gasteiger partial charge in [-0.2, -0.15) is 0 Å². The van der Waals surface area contributed by atoms with Crippen LogP contribution in [0, 0.1) is 5.92 Å². The summed E-state index contributed by atoms with van der Waals surface area (Å²) in [7, 11) is 0. The number of aliphatic hydroxyl groups is 4. The quantitative estimate of drug-likeness (QED) is 0.302. The van der Waals surface area contributed by atoms with E-state index in [9.17, 15) is 19.8 Å². The Morgan fingerprint density at radius 3 is 2.17 bits per heavy atom. The van der Waals surface area contributed by atoms with Gasteiger partial charge in [0, 0.05) is 6.42 Å². The Labute approximate surface area is 105 Å².